The Labute approximate surface area is 183 Å². The molecule has 1 aromatic carbocycles. The monoisotopic (exact) mass is 427 g/mol. The van der Waals surface area contributed by atoms with Crippen molar-refractivity contribution in [1.29, 1.82) is 0 Å². The Kier molecular flexibility index (Phi) is 6.84. The van der Waals surface area contributed by atoms with Gasteiger partial charge in [-0.05, 0) is 50.3 Å². The molecule has 0 unspecified atom stereocenters. The molecule has 1 fully saturated rings. The van der Waals surface area contributed by atoms with Gasteiger partial charge in [-0.15, -0.1) is 0 Å². The first-order valence-corrected chi connectivity index (χ1v) is 11.0. The first-order chi connectivity index (χ1) is 14.7. The molecule has 1 aromatic rings. The number of fused-ring (bicyclic) bond motifs is 1. The highest BCUT2D eigenvalue weighted by Gasteiger charge is 2.57. The maximum absolute atomic E-state index is 13.5. The number of amides is 3. The Hall–Kier alpha value is -2.67. The zero-order valence-electron chi connectivity index (χ0n) is 18.9. The molecule has 1 aliphatic carbocycles. The van der Waals surface area contributed by atoms with Crippen LogP contribution in [0.25, 0.3) is 0 Å². The fourth-order valence-electron chi connectivity index (χ4n) is 5.00. The number of hydrogen-bond acceptors (Lipinski definition) is 4. The Morgan fingerprint density at radius 1 is 1.19 bits per heavy atom. The number of carbonyl (C=O) groups is 3. The van der Waals surface area contributed by atoms with Crippen LogP contribution < -0.4 is 10.6 Å². The highest BCUT2D eigenvalue weighted by molar-refractivity contribution is 6.02. The Bertz CT molecular complexity index is 897. The van der Waals surface area contributed by atoms with Crippen molar-refractivity contribution in [3.63, 3.8) is 0 Å². The lowest BCUT2D eigenvalue weighted by atomic mass is 9.69. The quantitative estimate of drug-likeness (QED) is 0.605. The van der Waals surface area contributed by atoms with Crippen LogP contribution in [0, 0.1) is 37.5 Å². The molecule has 3 N–H and O–H groups in total. The maximum Gasteiger partial charge on any atom is 0.247 e. The van der Waals surface area contributed by atoms with Gasteiger partial charge in [-0.2, -0.15) is 0 Å². The highest BCUT2D eigenvalue weighted by atomic mass is 16.3. The van der Waals surface area contributed by atoms with E-state index in [1.807, 2.05) is 51.1 Å². The summed E-state index contributed by atoms with van der Waals surface area (Å²) in [5.41, 5.74) is 2.64. The number of aryl methyl sites for hydroxylation is 2. The van der Waals surface area contributed by atoms with E-state index in [-0.39, 0.29) is 30.2 Å². The van der Waals surface area contributed by atoms with Crippen molar-refractivity contribution in [2.24, 2.45) is 23.7 Å². The van der Waals surface area contributed by atoms with Crippen molar-refractivity contribution in [1.82, 2.24) is 10.2 Å². The molecule has 7 nitrogen and oxygen atoms in total. The minimum absolute atomic E-state index is 0.0720. The van der Waals surface area contributed by atoms with E-state index in [0.29, 0.717) is 5.69 Å². The zero-order valence-corrected chi connectivity index (χ0v) is 18.9. The van der Waals surface area contributed by atoms with Crippen molar-refractivity contribution in [2.45, 2.75) is 46.2 Å². The van der Waals surface area contributed by atoms with Gasteiger partial charge in [0.1, 0.15) is 6.04 Å². The molecule has 0 radical (unpaired) electrons. The minimum atomic E-state index is -0.791. The van der Waals surface area contributed by atoms with Crippen LogP contribution in [0.4, 0.5) is 5.69 Å². The summed E-state index contributed by atoms with van der Waals surface area (Å²) >= 11 is 0. The number of aliphatic hydroxyl groups is 1. The van der Waals surface area contributed by atoms with E-state index in [4.69, 9.17) is 0 Å². The standard InChI is InChI=1S/C24H33N3O4/c1-6-16-9-10-17-20(19(16)22(29)25-5)24(31)27(15(4)12-28)21(17)23(30)26-18-11-13(2)7-8-14(18)3/h7-11,15-17,19-21,28H,6,12H2,1-5H3,(H,25,29)(H,26,30)/t15-,16-,17+,19-,20-,21+/m1/s1. The van der Waals surface area contributed by atoms with E-state index in [0.717, 1.165) is 17.5 Å². The predicted molar refractivity (Wildman–Crippen MR) is 119 cm³/mol. The molecule has 7 heteroatoms. The smallest absolute Gasteiger partial charge is 0.247 e. The van der Waals surface area contributed by atoms with Gasteiger partial charge in [-0.3, -0.25) is 14.4 Å². The van der Waals surface area contributed by atoms with Gasteiger partial charge in [0.15, 0.2) is 0 Å². The van der Waals surface area contributed by atoms with Crippen LogP contribution in [-0.2, 0) is 14.4 Å². The van der Waals surface area contributed by atoms with Gasteiger partial charge >= 0.3 is 0 Å². The molecule has 31 heavy (non-hydrogen) atoms. The van der Waals surface area contributed by atoms with Crippen LogP contribution in [0.15, 0.2) is 30.4 Å². The van der Waals surface area contributed by atoms with E-state index < -0.39 is 29.8 Å². The summed E-state index contributed by atoms with van der Waals surface area (Å²) in [6.45, 7) is 7.32. The number of benzene rings is 1. The molecule has 0 spiro atoms. The van der Waals surface area contributed by atoms with Crippen molar-refractivity contribution in [2.75, 3.05) is 19.0 Å². The average molecular weight is 428 g/mol. The van der Waals surface area contributed by atoms with E-state index in [1.165, 1.54) is 4.90 Å². The fraction of sp³-hybridized carbons (Fsp3) is 0.542. The molecule has 0 saturated carbocycles. The summed E-state index contributed by atoms with van der Waals surface area (Å²) in [4.78, 5) is 41.3. The molecular weight excluding hydrogens is 394 g/mol. The van der Waals surface area contributed by atoms with E-state index in [2.05, 4.69) is 10.6 Å². The largest absolute Gasteiger partial charge is 0.394 e. The fourth-order valence-corrected chi connectivity index (χ4v) is 5.00. The Morgan fingerprint density at radius 2 is 1.90 bits per heavy atom. The summed E-state index contributed by atoms with van der Waals surface area (Å²) in [5, 5.41) is 15.5. The second-order valence-electron chi connectivity index (χ2n) is 8.73. The molecule has 3 rings (SSSR count). The number of anilines is 1. The zero-order chi connectivity index (χ0) is 22.9. The summed E-state index contributed by atoms with van der Waals surface area (Å²) in [6.07, 6.45) is 4.62. The summed E-state index contributed by atoms with van der Waals surface area (Å²) in [5.74, 6) is -2.41. The number of hydrogen-bond donors (Lipinski definition) is 3. The van der Waals surface area contributed by atoms with Gasteiger partial charge in [0.25, 0.3) is 0 Å². The van der Waals surface area contributed by atoms with Crippen LogP contribution >= 0.6 is 0 Å². The number of nitrogens with zero attached hydrogens (tertiary/aromatic N) is 1. The first kappa shape index (κ1) is 23.0. The van der Waals surface area contributed by atoms with Crippen molar-refractivity contribution >= 4 is 23.4 Å². The van der Waals surface area contributed by atoms with Gasteiger partial charge in [0.05, 0.1) is 24.5 Å². The molecular formula is C24H33N3O4. The van der Waals surface area contributed by atoms with Gasteiger partial charge in [-0.25, -0.2) is 0 Å². The lowest BCUT2D eigenvalue weighted by Gasteiger charge is -2.34. The summed E-state index contributed by atoms with van der Waals surface area (Å²) in [7, 11) is 1.57. The minimum Gasteiger partial charge on any atom is -0.394 e. The molecule has 6 atom stereocenters. The summed E-state index contributed by atoms with van der Waals surface area (Å²) < 4.78 is 0. The van der Waals surface area contributed by atoms with Crippen LogP contribution in [-0.4, -0.2) is 53.5 Å². The first-order valence-electron chi connectivity index (χ1n) is 11.0. The van der Waals surface area contributed by atoms with Crippen LogP contribution in [0.3, 0.4) is 0 Å². The number of carbonyl (C=O) groups excluding carboxylic acids is 3. The van der Waals surface area contributed by atoms with Gasteiger partial charge < -0.3 is 20.6 Å². The number of nitrogens with one attached hydrogen (secondary N) is 2. The predicted octanol–water partition coefficient (Wildman–Crippen LogP) is 2.02. The van der Waals surface area contributed by atoms with Crippen LogP contribution in [0.2, 0.25) is 0 Å². The van der Waals surface area contributed by atoms with Crippen LogP contribution in [0.1, 0.15) is 31.4 Å². The van der Waals surface area contributed by atoms with Gasteiger partial charge in [-0.1, -0.05) is 31.2 Å². The van der Waals surface area contributed by atoms with Crippen molar-refractivity contribution in [3.05, 3.63) is 41.5 Å². The third kappa shape index (κ3) is 4.11. The van der Waals surface area contributed by atoms with Crippen molar-refractivity contribution in [3.8, 4) is 0 Å². The molecule has 0 aromatic heterocycles. The number of likely N-dealkylation sites (tertiary alicyclic amines) is 1. The van der Waals surface area contributed by atoms with E-state index in [1.54, 1.807) is 14.0 Å². The molecule has 1 aliphatic heterocycles. The normalized spacial score (nSPS) is 28.3. The second kappa shape index (κ2) is 9.22. The third-order valence-corrected chi connectivity index (χ3v) is 6.73. The molecule has 3 amide bonds. The lowest BCUT2D eigenvalue weighted by molar-refractivity contribution is -0.142. The van der Waals surface area contributed by atoms with Crippen LogP contribution in [0.5, 0.6) is 0 Å². The Morgan fingerprint density at radius 3 is 2.52 bits per heavy atom. The molecule has 1 saturated heterocycles. The third-order valence-electron chi connectivity index (χ3n) is 6.73. The van der Waals surface area contributed by atoms with E-state index in [9.17, 15) is 19.5 Å². The topological polar surface area (TPSA) is 98.7 Å². The summed E-state index contributed by atoms with van der Waals surface area (Å²) in [6, 6.07) is 4.49. The molecule has 2 aliphatic rings. The number of aliphatic hydroxyl groups excluding tert-OH is 1. The molecule has 0 bridgehead atoms. The molecule has 1 heterocycles. The number of rotatable bonds is 6. The number of allylic oxidation sites excluding steroid dienone is 1. The van der Waals surface area contributed by atoms with Gasteiger partial charge in [0.2, 0.25) is 17.7 Å². The molecule has 168 valence electrons. The highest BCUT2D eigenvalue weighted by Crippen LogP contribution is 2.45. The SMILES string of the molecule is CC[C@@H]1C=C[C@H]2[C@@H](C(=O)N([C@H](C)CO)[C@@H]2C(=O)Nc2cc(C)ccc2C)[C@@H]1C(=O)NC. The van der Waals surface area contributed by atoms with Gasteiger partial charge in [0, 0.05) is 18.7 Å². The van der Waals surface area contributed by atoms with Crippen molar-refractivity contribution < 1.29 is 19.5 Å². The second-order valence-corrected chi connectivity index (χ2v) is 8.73. The average Bonchev–Trinajstić information content (AvgIpc) is 3.06. The lowest BCUT2D eigenvalue weighted by Crippen LogP contribution is -2.49. The Balaban J connectivity index is 2.02. The maximum atomic E-state index is 13.5. The van der Waals surface area contributed by atoms with E-state index >= 15 is 0 Å².